The molecule has 8 heteroatoms. The quantitative estimate of drug-likeness (QED) is 0.362. The van der Waals surface area contributed by atoms with Gasteiger partial charge in [0, 0.05) is 11.3 Å². The maximum Gasteiger partial charge on any atom is 0.236 e. The normalized spacial score (nSPS) is 11.0. The van der Waals surface area contributed by atoms with Crippen LogP contribution in [0.2, 0.25) is 0 Å². The van der Waals surface area contributed by atoms with Gasteiger partial charge in [-0.15, -0.1) is 10.2 Å². The van der Waals surface area contributed by atoms with E-state index in [1.165, 1.54) is 23.1 Å². The predicted molar refractivity (Wildman–Crippen MR) is 126 cm³/mol. The highest BCUT2D eigenvalue weighted by Gasteiger charge is 2.17. The Balaban J connectivity index is 1.37. The summed E-state index contributed by atoms with van der Waals surface area (Å²) < 4.78 is 3.02. The summed E-state index contributed by atoms with van der Waals surface area (Å²) in [5.74, 6) is 0.809. The Morgan fingerprint density at radius 1 is 0.903 bits per heavy atom. The standard InChI is InChI=1S/C23H17N5OS2/c29-20(25-22-24-18-13-7-8-14-19(18)31-22)15-30-23-27-26-21(16-9-3-1-4-10-16)28(23)17-11-5-2-6-12-17/h1-14H,15H2,(H,24,25,29). The molecule has 0 radical (unpaired) electrons. The van der Waals surface area contributed by atoms with Crippen molar-refractivity contribution in [3.63, 3.8) is 0 Å². The Hall–Kier alpha value is -3.49. The lowest BCUT2D eigenvalue weighted by atomic mass is 10.2. The third-order valence-electron chi connectivity index (χ3n) is 4.55. The zero-order valence-electron chi connectivity index (χ0n) is 16.3. The highest BCUT2D eigenvalue weighted by atomic mass is 32.2. The second-order valence-electron chi connectivity index (χ2n) is 6.67. The van der Waals surface area contributed by atoms with Crippen LogP contribution in [0.25, 0.3) is 27.3 Å². The number of carbonyl (C=O) groups is 1. The molecule has 0 aliphatic heterocycles. The SMILES string of the molecule is O=C(CSc1nnc(-c2ccccc2)n1-c1ccccc1)Nc1nc2ccccc2s1. The molecule has 6 nitrogen and oxygen atoms in total. The first-order valence-electron chi connectivity index (χ1n) is 9.62. The van der Waals surface area contributed by atoms with Gasteiger partial charge in [0.05, 0.1) is 16.0 Å². The van der Waals surface area contributed by atoms with Crippen LogP contribution in [0.15, 0.2) is 90.1 Å². The number of para-hydroxylation sites is 2. The van der Waals surface area contributed by atoms with Crippen LogP contribution in [-0.2, 0) is 4.79 Å². The highest BCUT2D eigenvalue weighted by Crippen LogP contribution is 2.29. The molecule has 0 atom stereocenters. The van der Waals surface area contributed by atoms with Crippen LogP contribution >= 0.6 is 23.1 Å². The summed E-state index contributed by atoms with van der Waals surface area (Å²) in [5, 5.41) is 12.9. The molecule has 5 aromatic rings. The number of fused-ring (bicyclic) bond motifs is 1. The fraction of sp³-hybridized carbons (Fsp3) is 0.0435. The van der Waals surface area contributed by atoms with Gasteiger partial charge >= 0.3 is 0 Å². The minimum absolute atomic E-state index is 0.132. The Kier molecular flexibility index (Phi) is 5.47. The number of benzene rings is 3. The zero-order valence-corrected chi connectivity index (χ0v) is 17.9. The van der Waals surface area contributed by atoms with Gasteiger partial charge in [0.25, 0.3) is 0 Å². The van der Waals surface area contributed by atoms with Gasteiger partial charge in [-0.25, -0.2) is 4.98 Å². The molecule has 0 spiro atoms. The molecule has 1 amide bonds. The smallest absolute Gasteiger partial charge is 0.236 e. The van der Waals surface area contributed by atoms with Crippen molar-refractivity contribution in [3.8, 4) is 17.1 Å². The number of hydrogen-bond donors (Lipinski definition) is 1. The Morgan fingerprint density at radius 2 is 1.61 bits per heavy atom. The third-order valence-corrected chi connectivity index (χ3v) is 6.43. The summed E-state index contributed by atoms with van der Waals surface area (Å²) in [6.45, 7) is 0. The first kappa shape index (κ1) is 19.5. The van der Waals surface area contributed by atoms with Crippen LogP contribution in [0.5, 0.6) is 0 Å². The average Bonchev–Trinajstić information content (AvgIpc) is 3.42. The molecule has 0 bridgehead atoms. The molecule has 2 aromatic heterocycles. The van der Waals surface area contributed by atoms with Crippen LogP contribution in [-0.4, -0.2) is 31.4 Å². The Morgan fingerprint density at radius 3 is 2.39 bits per heavy atom. The lowest BCUT2D eigenvalue weighted by Gasteiger charge is -2.10. The molecule has 0 unspecified atom stereocenters. The summed E-state index contributed by atoms with van der Waals surface area (Å²) in [6.07, 6.45) is 0. The highest BCUT2D eigenvalue weighted by molar-refractivity contribution is 7.99. The number of aromatic nitrogens is 4. The van der Waals surface area contributed by atoms with Crippen molar-refractivity contribution in [3.05, 3.63) is 84.9 Å². The van der Waals surface area contributed by atoms with Crippen LogP contribution < -0.4 is 5.32 Å². The van der Waals surface area contributed by atoms with E-state index in [2.05, 4.69) is 20.5 Å². The van der Waals surface area contributed by atoms with Crippen LogP contribution in [0.1, 0.15) is 0 Å². The maximum atomic E-state index is 12.6. The molecule has 1 N–H and O–H groups in total. The van der Waals surface area contributed by atoms with Crippen LogP contribution in [0.4, 0.5) is 5.13 Å². The van der Waals surface area contributed by atoms with Gasteiger partial charge in [-0.05, 0) is 24.3 Å². The number of nitrogens with one attached hydrogen (secondary N) is 1. The Bertz CT molecular complexity index is 1300. The van der Waals surface area contributed by atoms with Crippen molar-refractivity contribution in [2.24, 2.45) is 0 Å². The molecule has 0 saturated heterocycles. The first-order valence-corrected chi connectivity index (χ1v) is 11.4. The van der Waals surface area contributed by atoms with E-state index in [4.69, 9.17) is 0 Å². The monoisotopic (exact) mass is 443 g/mol. The second kappa shape index (κ2) is 8.71. The zero-order chi connectivity index (χ0) is 21.0. The van der Waals surface area contributed by atoms with Crippen LogP contribution in [0, 0.1) is 0 Å². The lowest BCUT2D eigenvalue weighted by molar-refractivity contribution is -0.113. The fourth-order valence-corrected chi connectivity index (χ4v) is 4.79. The summed E-state index contributed by atoms with van der Waals surface area (Å²) in [4.78, 5) is 17.0. The van der Waals surface area contributed by atoms with Gasteiger partial charge in [0.1, 0.15) is 0 Å². The molecule has 3 aromatic carbocycles. The number of anilines is 1. The molecule has 5 rings (SSSR count). The molecule has 152 valence electrons. The van der Waals surface area contributed by atoms with E-state index in [0.29, 0.717) is 10.3 Å². The van der Waals surface area contributed by atoms with Crippen molar-refractivity contribution in [2.45, 2.75) is 5.16 Å². The molecule has 31 heavy (non-hydrogen) atoms. The minimum atomic E-state index is -0.132. The van der Waals surface area contributed by atoms with Crippen molar-refractivity contribution in [2.75, 3.05) is 11.1 Å². The number of amides is 1. The van der Waals surface area contributed by atoms with E-state index in [0.717, 1.165) is 27.3 Å². The van der Waals surface area contributed by atoms with Gasteiger partial charge in [-0.3, -0.25) is 9.36 Å². The number of carbonyl (C=O) groups excluding carboxylic acids is 1. The largest absolute Gasteiger partial charge is 0.301 e. The summed E-state index contributed by atoms with van der Waals surface area (Å²) >= 11 is 2.81. The minimum Gasteiger partial charge on any atom is -0.301 e. The number of thioether (sulfide) groups is 1. The molecular weight excluding hydrogens is 426 g/mol. The van der Waals surface area contributed by atoms with Gasteiger partial charge in [-0.2, -0.15) is 0 Å². The number of thiazole rings is 1. The summed E-state index contributed by atoms with van der Waals surface area (Å²) in [7, 11) is 0. The van der Waals surface area contributed by atoms with Crippen molar-refractivity contribution >= 4 is 44.4 Å². The van der Waals surface area contributed by atoms with Gasteiger partial charge in [-0.1, -0.05) is 83.8 Å². The van der Waals surface area contributed by atoms with E-state index in [1.807, 2.05) is 89.5 Å². The van der Waals surface area contributed by atoms with E-state index < -0.39 is 0 Å². The summed E-state index contributed by atoms with van der Waals surface area (Å²) in [6, 6.07) is 27.6. The number of hydrogen-bond acceptors (Lipinski definition) is 6. The van der Waals surface area contributed by atoms with E-state index >= 15 is 0 Å². The molecule has 0 aliphatic rings. The topological polar surface area (TPSA) is 72.7 Å². The first-order chi connectivity index (χ1) is 15.3. The lowest BCUT2D eigenvalue weighted by Crippen LogP contribution is -2.14. The summed E-state index contributed by atoms with van der Waals surface area (Å²) in [5.41, 5.74) is 2.79. The molecule has 0 saturated carbocycles. The van der Waals surface area contributed by atoms with Crippen molar-refractivity contribution in [1.29, 1.82) is 0 Å². The van der Waals surface area contributed by atoms with Gasteiger partial charge in [0.15, 0.2) is 16.1 Å². The fourth-order valence-electron chi connectivity index (χ4n) is 3.16. The van der Waals surface area contributed by atoms with E-state index in [-0.39, 0.29) is 11.7 Å². The van der Waals surface area contributed by atoms with E-state index in [9.17, 15) is 4.79 Å². The van der Waals surface area contributed by atoms with Gasteiger partial charge < -0.3 is 5.32 Å². The van der Waals surface area contributed by atoms with Gasteiger partial charge in [0.2, 0.25) is 5.91 Å². The molecular formula is C23H17N5OS2. The molecule has 0 aliphatic carbocycles. The predicted octanol–water partition coefficient (Wildman–Crippen LogP) is 5.27. The molecule has 0 fully saturated rings. The Labute approximate surface area is 187 Å². The maximum absolute atomic E-state index is 12.6. The second-order valence-corrected chi connectivity index (χ2v) is 8.64. The van der Waals surface area contributed by atoms with Crippen LogP contribution in [0.3, 0.4) is 0 Å². The third kappa shape index (κ3) is 4.21. The molecule has 2 heterocycles. The van der Waals surface area contributed by atoms with E-state index in [1.54, 1.807) is 0 Å². The average molecular weight is 444 g/mol. The van der Waals surface area contributed by atoms with Crippen molar-refractivity contribution in [1.82, 2.24) is 19.7 Å². The van der Waals surface area contributed by atoms with Crippen molar-refractivity contribution < 1.29 is 4.79 Å². The number of rotatable bonds is 6. The number of nitrogens with zero attached hydrogens (tertiary/aromatic N) is 4.